The minimum atomic E-state index is -0.385. The third kappa shape index (κ3) is 4.59. The van der Waals surface area contributed by atoms with Crippen molar-refractivity contribution in [1.82, 2.24) is 14.8 Å². The van der Waals surface area contributed by atoms with Crippen LogP contribution in [0.2, 0.25) is 0 Å². The van der Waals surface area contributed by atoms with Crippen molar-refractivity contribution in [2.24, 2.45) is 0 Å². The Labute approximate surface area is 183 Å². The molecule has 0 N–H and O–H groups in total. The molecule has 0 amide bonds. The first-order valence-electron chi connectivity index (χ1n) is 9.58. The van der Waals surface area contributed by atoms with Gasteiger partial charge < -0.3 is 4.74 Å². The highest BCUT2D eigenvalue weighted by molar-refractivity contribution is 7.98. The summed E-state index contributed by atoms with van der Waals surface area (Å²) in [6.45, 7) is 2.04. The van der Waals surface area contributed by atoms with Gasteiger partial charge in [0.05, 0.1) is 12.0 Å². The summed E-state index contributed by atoms with van der Waals surface area (Å²) in [4.78, 5) is 10.7. The maximum Gasteiger partial charge on any atom is 0.269 e. The average molecular weight is 433 g/mol. The number of hydrogen-bond donors (Lipinski definition) is 0. The van der Waals surface area contributed by atoms with Crippen molar-refractivity contribution in [3.8, 4) is 22.8 Å². The lowest BCUT2D eigenvalue weighted by molar-refractivity contribution is -0.384. The number of aryl methyl sites for hydroxylation is 1. The van der Waals surface area contributed by atoms with Crippen LogP contribution in [0.5, 0.6) is 5.75 Å². The molecule has 1 aromatic heterocycles. The number of methoxy groups -OCH3 is 1. The van der Waals surface area contributed by atoms with Gasteiger partial charge in [-0.05, 0) is 36.8 Å². The van der Waals surface area contributed by atoms with Gasteiger partial charge in [0.1, 0.15) is 5.75 Å². The summed E-state index contributed by atoms with van der Waals surface area (Å²) < 4.78 is 7.36. The lowest BCUT2D eigenvalue weighted by Crippen LogP contribution is -2.00. The van der Waals surface area contributed by atoms with Gasteiger partial charge in [0.15, 0.2) is 11.0 Å². The van der Waals surface area contributed by atoms with E-state index in [0.29, 0.717) is 16.7 Å². The second-order valence-corrected chi connectivity index (χ2v) is 7.87. The summed E-state index contributed by atoms with van der Waals surface area (Å²) in [5, 5.41) is 20.6. The van der Waals surface area contributed by atoms with E-state index in [2.05, 4.69) is 10.2 Å². The number of nitro groups is 1. The van der Waals surface area contributed by atoms with E-state index in [1.54, 1.807) is 19.2 Å². The predicted molar refractivity (Wildman–Crippen MR) is 121 cm³/mol. The quantitative estimate of drug-likeness (QED) is 0.219. The topological polar surface area (TPSA) is 83.1 Å². The van der Waals surface area contributed by atoms with Crippen molar-refractivity contribution in [2.45, 2.75) is 17.8 Å². The summed E-state index contributed by atoms with van der Waals surface area (Å²) in [6.07, 6.45) is 0. The molecule has 0 aliphatic carbocycles. The minimum Gasteiger partial charge on any atom is -0.497 e. The number of thioether (sulfide) groups is 1. The maximum absolute atomic E-state index is 11.1. The Kier molecular flexibility index (Phi) is 5.99. The van der Waals surface area contributed by atoms with Crippen molar-refractivity contribution in [1.29, 1.82) is 0 Å². The second kappa shape index (κ2) is 9.01. The number of non-ortho nitro benzene ring substituents is 1. The Bertz CT molecular complexity index is 1220. The van der Waals surface area contributed by atoms with Crippen molar-refractivity contribution < 1.29 is 9.66 Å². The molecule has 0 aliphatic heterocycles. The molecule has 0 atom stereocenters. The van der Waals surface area contributed by atoms with Crippen LogP contribution in [0.25, 0.3) is 17.1 Å². The van der Waals surface area contributed by atoms with Gasteiger partial charge in [-0.3, -0.25) is 14.7 Å². The zero-order valence-electron chi connectivity index (χ0n) is 17.1. The zero-order valence-corrected chi connectivity index (χ0v) is 17.9. The monoisotopic (exact) mass is 432 g/mol. The van der Waals surface area contributed by atoms with E-state index in [-0.39, 0.29) is 10.6 Å². The molecule has 0 fully saturated rings. The van der Waals surface area contributed by atoms with E-state index >= 15 is 0 Å². The fraction of sp³-hybridized carbons (Fsp3) is 0.130. The summed E-state index contributed by atoms with van der Waals surface area (Å²) in [5.41, 5.74) is 3.91. The summed E-state index contributed by atoms with van der Waals surface area (Å²) in [7, 11) is 1.63. The smallest absolute Gasteiger partial charge is 0.269 e. The third-order valence-electron chi connectivity index (χ3n) is 4.74. The van der Waals surface area contributed by atoms with Gasteiger partial charge in [0, 0.05) is 29.1 Å². The number of benzene rings is 3. The van der Waals surface area contributed by atoms with E-state index in [1.165, 1.54) is 17.8 Å². The van der Waals surface area contributed by atoms with Crippen LogP contribution in [0.1, 0.15) is 11.1 Å². The molecule has 3 aromatic carbocycles. The number of nitrogens with zero attached hydrogens (tertiary/aromatic N) is 4. The van der Waals surface area contributed by atoms with Gasteiger partial charge in [-0.1, -0.05) is 53.7 Å². The summed E-state index contributed by atoms with van der Waals surface area (Å²) >= 11 is 1.48. The fourth-order valence-electron chi connectivity index (χ4n) is 3.15. The van der Waals surface area contributed by atoms with Gasteiger partial charge in [-0.25, -0.2) is 0 Å². The van der Waals surface area contributed by atoms with Gasteiger partial charge in [-0.2, -0.15) is 0 Å². The molecule has 1 heterocycles. The molecule has 7 nitrogen and oxygen atoms in total. The van der Waals surface area contributed by atoms with E-state index in [1.807, 2.05) is 66.1 Å². The van der Waals surface area contributed by atoms with Crippen molar-refractivity contribution in [3.63, 3.8) is 0 Å². The van der Waals surface area contributed by atoms with Gasteiger partial charge in [0.2, 0.25) is 0 Å². The Morgan fingerprint density at radius 1 is 1.03 bits per heavy atom. The van der Waals surface area contributed by atoms with Gasteiger partial charge >= 0.3 is 0 Å². The number of nitro benzene ring substituents is 1. The normalized spacial score (nSPS) is 10.8. The molecule has 8 heteroatoms. The van der Waals surface area contributed by atoms with Gasteiger partial charge in [-0.15, -0.1) is 10.2 Å². The van der Waals surface area contributed by atoms with Gasteiger partial charge in [0.25, 0.3) is 5.69 Å². The Morgan fingerprint density at radius 3 is 2.55 bits per heavy atom. The predicted octanol–water partition coefficient (Wildman–Crippen LogP) is 5.45. The molecular formula is C23H20N4O3S. The van der Waals surface area contributed by atoms with E-state index in [4.69, 9.17) is 4.74 Å². The first kappa shape index (κ1) is 20.6. The minimum absolute atomic E-state index is 0.0789. The van der Waals surface area contributed by atoms with Crippen LogP contribution in [0.3, 0.4) is 0 Å². The Morgan fingerprint density at radius 2 is 1.81 bits per heavy atom. The molecule has 0 radical (unpaired) electrons. The van der Waals surface area contributed by atoms with Crippen molar-refractivity contribution in [3.05, 3.63) is 94.0 Å². The van der Waals surface area contributed by atoms with Crippen LogP contribution in [0.15, 0.2) is 78.0 Å². The number of aromatic nitrogens is 3. The molecule has 4 aromatic rings. The maximum atomic E-state index is 11.1. The highest BCUT2D eigenvalue weighted by atomic mass is 32.2. The van der Waals surface area contributed by atoms with Crippen LogP contribution in [-0.4, -0.2) is 26.8 Å². The molecule has 0 bridgehead atoms. The largest absolute Gasteiger partial charge is 0.497 e. The lowest BCUT2D eigenvalue weighted by Gasteiger charge is -2.11. The standard InChI is InChI=1S/C23H20N4O3S/c1-16-9-11-19(12-10-16)26-22(18-6-4-8-21(14-18)30-2)24-25-23(26)31-15-17-5-3-7-20(13-17)27(28)29/h3-14H,15H2,1-2H3. The molecule has 156 valence electrons. The molecule has 0 saturated carbocycles. The van der Waals surface area contributed by atoms with Crippen molar-refractivity contribution in [2.75, 3.05) is 7.11 Å². The van der Waals surface area contributed by atoms with Crippen LogP contribution < -0.4 is 4.74 Å². The number of hydrogen-bond acceptors (Lipinski definition) is 6. The van der Waals surface area contributed by atoms with E-state index in [9.17, 15) is 10.1 Å². The molecule has 0 aliphatic rings. The SMILES string of the molecule is COc1cccc(-c2nnc(SCc3cccc([N+](=O)[O-])c3)n2-c2ccc(C)cc2)c1. The zero-order chi connectivity index (χ0) is 21.8. The third-order valence-corrected chi connectivity index (χ3v) is 5.74. The second-order valence-electron chi connectivity index (χ2n) is 6.92. The fourth-order valence-corrected chi connectivity index (χ4v) is 4.04. The first-order valence-corrected chi connectivity index (χ1v) is 10.6. The van der Waals surface area contributed by atoms with E-state index < -0.39 is 0 Å². The lowest BCUT2D eigenvalue weighted by atomic mass is 10.2. The summed E-state index contributed by atoms with van der Waals surface area (Å²) in [5.74, 6) is 1.97. The highest BCUT2D eigenvalue weighted by Crippen LogP contribution is 2.31. The van der Waals surface area contributed by atoms with Crippen LogP contribution in [-0.2, 0) is 5.75 Å². The van der Waals surface area contributed by atoms with Crippen LogP contribution in [0.4, 0.5) is 5.69 Å². The molecule has 31 heavy (non-hydrogen) atoms. The number of rotatable bonds is 7. The average Bonchev–Trinajstić information content (AvgIpc) is 3.22. The molecule has 4 rings (SSSR count). The van der Waals surface area contributed by atoms with Crippen LogP contribution >= 0.6 is 11.8 Å². The first-order chi connectivity index (χ1) is 15.0. The number of ether oxygens (including phenoxy) is 1. The molecule has 0 spiro atoms. The van der Waals surface area contributed by atoms with E-state index in [0.717, 1.165) is 28.1 Å². The Hall–Kier alpha value is -3.65. The van der Waals surface area contributed by atoms with Crippen LogP contribution in [0, 0.1) is 17.0 Å². The molecule has 0 saturated heterocycles. The summed E-state index contributed by atoms with van der Waals surface area (Å²) in [6, 6.07) is 22.5. The van der Waals surface area contributed by atoms with Crippen molar-refractivity contribution >= 4 is 17.4 Å². The Balaban J connectivity index is 1.72. The highest BCUT2D eigenvalue weighted by Gasteiger charge is 2.17. The molecule has 0 unspecified atom stereocenters. The molecular weight excluding hydrogens is 412 g/mol.